The van der Waals surface area contributed by atoms with Gasteiger partial charge in [0, 0.05) is 25.0 Å². The first kappa shape index (κ1) is 28.5. The number of halogens is 2. The molecule has 0 saturated carbocycles. The molecule has 12 nitrogen and oxygen atoms in total. The summed E-state index contributed by atoms with van der Waals surface area (Å²) in [5, 5.41) is 29.2. The van der Waals surface area contributed by atoms with Crippen LogP contribution in [0.3, 0.4) is 0 Å². The normalized spacial score (nSPS) is 19.4. The van der Waals surface area contributed by atoms with E-state index in [2.05, 4.69) is 10.2 Å². The van der Waals surface area contributed by atoms with Gasteiger partial charge in [-0.15, -0.1) is 4.68 Å². The largest absolute Gasteiger partial charge is 0.391 e. The van der Waals surface area contributed by atoms with Gasteiger partial charge >= 0.3 is 11.6 Å². The number of rotatable bonds is 6. The van der Waals surface area contributed by atoms with Crippen LogP contribution in [0.4, 0.5) is 11.6 Å². The minimum absolute atomic E-state index is 0. The number of nitrogens with zero attached hydrogens (tertiary/aromatic N) is 6. The molecule has 180 valence electrons. The van der Waals surface area contributed by atoms with E-state index in [0.29, 0.717) is 49.9 Å². The van der Waals surface area contributed by atoms with Crippen molar-refractivity contribution in [3.8, 4) is 0 Å². The summed E-state index contributed by atoms with van der Waals surface area (Å²) in [6, 6.07) is 2.52. The third kappa shape index (κ3) is 7.78. The van der Waals surface area contributed by atoms with Crippen LogP contribution in [-0.2, 0) is 22.6 Å². The van der Waals surface area contributed by atoms with E-state index < -0.39 is 9.85 Å². The van der Waals surface area contributed by atoms with Crippen LogP contribution in [-0.4, -0.2) is 55.8 Å². The Morgan fingerprint density at radius 1 is 0.938 bits per heavy atom. The highest BCUT2D eigenvalue weighted by Crippen LogP contribution is 2.22. The van der Waals surface area contributed by atoms with Crippen molar-refractivity contribution in [1.29, 1.82) is 0 Å². The fourth-order valence-corrected chi connectivity index (χ4v) is 3.59. The SMILES string of the molecule is O=[N+]([O-])c1cc(Cl)n(CC2CCOC2)n1.O=[N+]([O-])c1cc(Cl)nn1CC1CCOC1.S.S. The lowest BCUT2D eigenvalue weighted by atomic mass is 10.1. The van der Waals surface area contributed by atoms with Crippen molar-refractivity contribution in [2.24, 2.45) is 11.8 Å². The predicted molar refractivity (Wildman–Crippen MR) is 126 cm³/mol. The Kier molecular flexibility index (Phi) is 11.7. The van der Waals surface area contributed by atoms with Gasteiger partial charge in [0.1, 0.15) is 6.54 Å². The van der Waals surface area contributed by atoms with Gasteiger partial charge in [0.15, 0.2) is 10.3 Å². The molecule has 2 unspecified atom stereocenters. The van der Waals surface area contributed by atoms with Crippen molar-refractivity contribution in [3.05, 3.63) is 42.7 Å². The van der Waals surface area contributed by atoms with Crippen LogP contribution in [0.25, 0.3) is 0 Å². The van der Waals surface area contributed by atoms with Crippen LogP contribution in [0.5, 0.6) is 0 Å². The molecule has 2 atom stereocenters. The van der Waals surface area contributed by atoms with Crippen molar-refractivity contribution in [2.75, 3.05) is 26.4 Å². The molecule has 0 radical (unpaired) electrons. The Hall–Kier alpha value is -1.58. The van der Waals surface area contributed by atoms with Crippen molar-refractivity contribution in [1.82, 2.24) is 19.6 Å². The molecule has 0 N–H and O–H groups in total. The van der Waals surface area contributed by atoms with E-state index in [9.17, 15) is 20.2 Å². The van der Waals surface area contributed by atoms with Gasteiger partial charge in [-0.2, -0.15) is 31.7 Å². The van der Waals surface area contributed by atoms with E-state index in [0.717, 1.165) is 19.4 Å². The molecule has 0 aromatic carbocycles. The molecule has 0 aliphatic carbocycles. The zero-order valence-electron chi connectivity index (χ0n) is 16.9. The molecule has 4 rings (SSSR count). The maximum absolute atomic E-state index is 10.7. The first-order chi connectivity index (χ1) is 14.3. The molecule has 0 spiro atoms. The first-order valence-corrected chi connectivity index (χ1v) is 10.00. The highest BCUT2D eigenvalue weighted by molar-refractivity contribution is 7.59. The summed E-state index contributed by atoms with van der Waals surface area (Å²) < 4.78 is 13.2. The molecular weight excluding hydrogens is 507 g/mol. The highest BCUT2D eigenvalue weighted by Gasteiger charge is 2.24. The molecule has 2 aromatic heterocycles. The van der Waals surface area contributed by atoms with Gasteiger partial charge < -0.3 is 29.7 Å². The minimum Gasteiger partial charge on any atom is -0.381 e. The monoisotopic (exact) mass is 530 g/mol. The molecule has 16 heteroatoms. The lowest BCUT2D eigenvalue weighted by molar-refractivity contribution is -0.392. The quantitative estimate of drug-likeness (QED) is 0.409. The van der Waals surface area contributed by atoms with Crippen molar-refractivity contribution in [3.63, 3.8) is 0 Å². The Morgan fingerprint density at radius 2 is 1.50 bits per heavy atom. The zero-order chi connectivity index (χ0) is 21.7. The minimum atomic E-state index is -0.548. The van der Waals surface area contributed by atoms with Crippen LogP contribution in [0, 0.1) is 32.1 Å². The number of hydrogen-bond acceptors (Lipinski definition) is 8. The van der Waals surface area contributed by atoms with Gasteiger partial charge in [0.25, 0.3) is 0 Å². The van der Waals surface area contributed by atoms with Crippen LogP contribution in [0.2, 0.25) is 10.3 Å². The smallest absolute Gasteiger partial charge is 0.381 e. The van der Waals surface area contributed by atoms with Crippen molar-refractivity contribution < 1.29 is 19.3 Å². The summed E-state index contributed by atoms with van der Waals surface area (Å²) in [6.45, 7) is 3.83. The molecule has 2 saturated heterocycles. The van der Waals surface area contributed by atoms with Crippen LogP contribution < -0.4 is 0 Å². The van der Waals surface area contributed by atoms with Gasteiger partial charge in [0.05, 0.1) is 37.0 Å². The average molecular weight is 531 g/mol. The van der Waals surface area contributed by atoms with E-state index in [1.54, 1.807) is 0 Å². The number of aromatic nitrogens is 4. The fraction of sp³-hybridized carbons (Fsp3) is 0.625. The Labute approximate surface area is 207 Å². The summed E-state index contributed by atoms with van der Waals surface area (Å²) in [6.07, 6.45) is 1.86. The average Bonchev–Trinajstić information content (AvgIpc) is 3.46. The molecule has 2 aliphatic heterocycles. The second-order valence-corrected chi connectivity index (χ2v) is 7.76. The maximum atomic E-state index is 10.7. The standard InChI is InChI=1S/2C8H10ClN3O3.2H2S/c9-7-3-8(12(13)14)10-11(7)4-6-1-2-15-5-6;9-7-3-8(12(13)14)11(10-7)4-6-1-2-15-5-6;;/h2*3,6H,1-2,4-5H2;2*1H2. The molecule has 32 heavy (non-hydrogen) atoms. The lowest BCUT2D eigenvalue weighted by Gasteiger charge is -2.04. The summed E-state index contributed by atoms with van der Waals surface area (Å²) in [4.78, 5) is 20.1. The lowest BCUT2D eigenvalue weighted by Crippen LogP contribution is -2.13. The van der Waals surface area contributed by atoms with Gasteiger partial charge in [0.2, 0.25) is 0 Å². The van der Waals surface area contributed by atoms with Crippen LogP contribution in [0.1, 0.15) is 12.8 Å². The zero-order valence-corrected chi connectivity index (χ0v) is 20.4. The topological polar surface area (TPSA) is 140 Å². The molecule has 2 fully saturated rings. The molecule has 2 aromatic rings. The molecule has 0 bridgehead atoms. The Morgan fingerprint density at radius 3 is 1.94 bits per heavy atom. The van der Waals surface area contributed by atoms with E-state index in [-0.39, 0.29) is 43.8 Å². The molecule has 0 amide bonds. The maximum Gasteiger partial charge on any atom is 0.391 e. The third-order valence-corrected chi connectivity index (χ3v) is 5.22. The van der Waals surface area contributed by atoms with Crippen molar-refractivity contribution >= 4 is 61.8 Å². The molecule has 2 aliphatic rings. The van der Waals surface area contributed by atoms with Gasteiger partial charge in [-0.25, -0.2) is 0 Å². The van der Waals surface area contributed by atoms with Gasteiger partial charge in [-0.05, 0) is 22.7 Å². The third-order valence-electron chi connectivity index (χ3n) is 4.73. The number of nitro groups is 2. The summed E-state index contributed by atoms with van der Waals surface area (Å²) in [7, 11) is 0. The fourth-order valence-electron chi connectivity index (χ4n) is 3.20. The first-order valence-electron chi connectivity index (χ1n) is 9.24. The van der Waals surface area contributed by atoms with Crippen LogP contribution in [0.15, 0.2) is 12.1 Å². The highest BCUT2D eigenvalue weighted by atomic mass is 35.5. The number of ether oxygens (including phenoxy) is 2. The molecule has 4 heterocycles. The number of hydrogen-bond donors (Lipinski definition) is 0. The van der Waals surface area contributed by atoms with E-state index in [4.69, 9.17) is 32.7 Å². The van der Waals surface area contributed by atoms with Gasteiger partial charge in [-0.3, -0.25) is 0 Å². The molecular formula is C16H24Cl2N6O6S2. The second kappa shape index (κ2) is 13.2. The summed E-state index contributed by atoms with van der Waals surface area (Å²) in [5.74, 6) is 0.368. The Bertz CT molecular complexity index is 902. The van der Waals surface area contributed by atoms with E-state index >= 15 is 0 Å². The Balaban J connectivity index is 0.000000301. The van der Waals surface area contributed by atoms with E-state index in [1.807, 2.05) is 0 Å². The van der Waals surface area contributed by atoms with E-state index in [1.165, 1.54) is 21.5 Å². The summed E-state index contributed by atoms with van der Waals surface area (Å²) in [5.41, 5.74) is 0. The summed E-state index contributed by atoms with van der Waals surface area (Å²) >= 11 is 11.5. The second-order valence-electron chi connectivity index (χ2n) is 6.99. The van der Waals surface area contributed by atoms with Crippen LogP contribution >= 0.6 is 50.2 Å². The predicted octanol–water partition coefficient (Wildman–Crippen LogP) is 3.19. The van der Waals surface area contributed by atoms with Gasteiger partial charge in [-0.1, -0.05) is 28.3 Å². The van der Waals surface area contributed by atoms with Crippen molar-refractivity contribution in [2.45, 2.75) is 25.9 Å².